The molecule has 0 aliphatic carbocycles. The fraction of sp³-hybridized carbons (Fsp3) is 0.440. The van der Waals surface area contributed by atoms with E-state index in [9.17, 15) is 24.7 Å². The lowest BCUT2D eigenvalue weighted by atomic mass is 9.98. The number of hydrogen-bond acceptors (Lipinski definition) is 10. The zero-order valence-corrected chi connectivity index (χ0v) is 23.6. The van der Waals surface area contributed by atoms with Crippen molar-refractivity contribution in [2.24, 2.45) is 0 Å². The maximum Gasteiger partial charge on any atom is 0.325 e. The van der Waals surface area contributed by atoms with Gasteiger partial charge in [0.05, 0.1) is 36.0 Å². The number of thioether (sulfide) groups is 1. The number of anilines is 1. The first kappa shape index (κ1) is 31.1. The van der Waals surface area contributed by atoms with Crippen molar-refractivity contribution in [1.29, 1.82) is 0 Å². The van der Waals surface area contributed by atoms with Gasteiger partial charge in [-0.15, -0.1) is 5.10 Å². The number of nitrogens with zero attached hydrogens (tertiary/aromatic N) is 4. The molecule has 0 saturated carbocycles. The average molecular weight is 609 g/mol. The van der Waals surface area contributed by atoms with Crippen molar-refractivity contribution in [2.75, 3.05) is 18.0 Å². The smallest absolute Gasteiger partial charge is 0.325 e. The molecule has 1 saturated heterocycles. The predicted molar refractivity (Wildman–Crippen MR) is 150 cm³/mol. The minimum atomic E-state index is -4.32. The third kappa shape index (κ3) is 9.31. The van der Waals surface area contributed by atoms with E-state index in [0.29, 0.717) is 17.1 Å². The van der Waals surface area contributed by atoms with Crippen LogP contribution in [0.5, 0.6) is 0 Å². The molecule has 5 atom stereocenters. The Labute approximate surface area is 240 Å². The van der Waals surface area contributed by atoms with Crippen LogP contribution in [0.1, 0.15) is 25.0 Å². The molecular weight excluding hydrogens is 575 g/mol. The van der Waals surface area contributed by atoms with Crippen molar-refractivity contribution in [1.82, 2.24) is 25.3 Å². The van der Waals surface area contributed by atoms with E-state index in [0.717, 1.165) is 42.4 Å². The van der Waals surface area contributed by atoms with Crippen molar-refractivity contribution >= 4 is 31.1 Å². The maximum absolute atomic E-state index is 12.3. The summed E-state index contributed by atoms with van der Waals surface area (Å²) >= 11 is 1.08. The van der Waals surface area contributed by atoms with E-state index in [1.807, 2.05) is 18.3 Å². The largest absolute Gasteiger partial charge is 0.388 e. The quantitative estimate of drug-likeness (QED) is 0.114. The summed E-state index contributed by atoms with van der Waals surface area (Å²) in [5, 5.41) is 44.5. The molecule has 1 fully saturated rings. The van der Waals surface area contributed by atoms with Crippen LogP contribution in [0.15, 0.2) is 59.9 Å². The van der Waals surface area contributed by atoms with Crippen LogP contribution in [-0.4, -0.2) is 93.7 Å². The zero-order valence-electron chi connectivity index (χ0n) is 21.9. The minimum Gasteiger partial charge on any atom is -0.388 e. The average Bonchev–Trinajstić information content (AvgIpc) is 3.42. The van der Waals surface area contributed by atoms with E-state index >= 15 is 0 Å². The Hall–Kier alpha value is -2.88. The molecule has 16 heteroatoms. The number of benzene rings is 1. The number of nitrogens with one attached hydrogen (secondary N) is 2. The number of aliphatic hydroxyl groups excluding tert-OH is 3. The molecule has 2 amide bonds. The molecule has 14 nitrogen and oxygen atoms in total. The third-order valence-electron chi connectivity index (χ3n) is 6.33. The van der Waals surface area contributed by atoms with Crippen LogP contribution in [0.4, 0.5) is 10.5 Å². The topological polar surface area (TPSA) is 212 Å². The highest BCUT2D eigenvalue weighted by Crippen LogP contribution is 2.39. The van der Waals surface area contributed by atoms with Gasteiger partial charge >= 0.3 is 13.6 Å². The molecule has 3 aromatic rings. The minimum absolute atomic E-state index is 0.182. The molecule has 0 bridgehead atoms. The van der Waals surface area contributed by atoms with Gasteiger partial charge in [0.25, 0.3) is 0 Å². The monoisotopic (exact) mass is 608 g/mol. The van der Waals surface area contributed by atoms with Gasteiger partial charge < -0.3 is 40.5 Å². The Balaban J connectivity index is 1.17. The van der Waals surface area contributed by atoms with E-state index in [2.05, 4.69) is 25.9 Å². The summed E-state index contributed by atoms with van der Waals surface area (Å²) in [6.45, 7) is 0.477. The van der Waals surface area contributed by atoms with Crippen LogP contribution in [0, 0.1) is 0 Å². The van der Waals surface area contributed by atoms with Gasteiger partial charge in [0.2, 0.25) is 0 Å². The van der Waals surface area contributed by atoms with Crippen LogP contribution in [-0.2, 0) is 15.7 Å². The van der Waals surface area contributed by atoms with Crippen LogP contribution in [0.25, 0.3) is 5.69 Å². The highest BCUT2D eigenvalue weighted by atomic mass is 32.2. The molecule has 1 aliphatic rings. The molecule has 1 aliphatic heterocycles. The number of carbonyl (C=O) groups excluding carboxylic acids is 1. The number of urea groups is 1. The molecule has 0 unspecified atom stereocenters. The van der Waals surface area contributed by atoms with Gasteiger partial charge in [-0.25, -0.2) is 9.48 Å². The van der Waals surface area contributed by atoms with Crippen LogP contribution in [0.2, 0.25) is 0 Å². The highest BCUT2D eigenvalue weighted by molar-refractivity contribution is 7.99. The molecule has 0 radical (unpaired) electrons. The number of unbranched alkanes of at least 4 members (excludes halogenated alkanes) is 1. The molecule has 0 spiro atoms. The second kappa shape index (κ2) is 14.3. The lowest BCUT2D eigenvalue weighted by Crippen LogP contribution is -2.56. The molecule has 1 aromatic carbocycles. The summed E-state index contributed by atoms with van der Waals surface area (Å²) in [5.41, 5.74) is 1.25. The molecule has 2 aromatic heterocycles. The number of hydrogen-bond donors (Lipinski definition) is 7. The SMILES string of the molecule is O=C(NCCCCc1cn(-c2cccnc2)nn1)Nc1ccc(S[C@H]2O[C@H](CCP(=O)(O)O)[C@@H](O)[C@H](O)[C@@H]2O)cc1. The van der Waals surface area contributed by atoms with E-state index in [4.69, 9.17) is 14.5 Å². The Morgan fingerprint density at radius 1 is 1.07 bits per heavy atom. The number of amides is 2. The summed E-state index contributed by atoms with van der Waals surface area (Å²) in [7, 11) is -4.32. The first-order valence-corrected chi connectivity index (χ1v) is 15.6. The van der Waals surface area contributed by atoms with Crippen LogP contribution >= 0.6 is 19.4 Å². The molecule has 7 N–H and O–H groups in total. The van der Waals surface area contributed by atoms with E-state index in [1.54, 1.807) is 41.3 Å². The lowest BCUT2D eigenvalue weighted by Gasteiger charge is -2.40. The summed E-state index contributed by atoms with van der Waals surface area (Å²) in [6.07, 6.45) is 1.36. The van der Waals surface area contributed by atoms with Gasteiger partial charge in [0.1, 0.15) is 23.7 Å². The number of aromatic nitrogens is 4. The number of carbonyl (C=O) groups is 1. The van der Waals surface area contributed by atoms with E-state index < -0.39 is 43.6 Å². The van der Waals surface area contributed by atoms with Crippen molar-refractivity contribution < 1.29 is 39.2 Å². The van der Waals surface area contributed by atoms with Crippen molar-refractivity contribution in [3.63, 3.8) is 0 Å². The highest BCUT2D eigenvalue weighted by Gasteiger charge is 2.44. The third-order valence-corrected chi connectivity index (χ3v) is 8.34. The Bertz CT molecular complexity index is 1310. The van der Waals surface area contributed by atoms with Gasteiger partial charge in [-0.3, -0.25) is 9.55 Å². The van der Waals surface area contributed by atoms with Gasteiger partial charge in [-0.1, -0.05) is 17.0 Å². The molecule has 222 valence electrons. The van der Waals surface area contributed by atoms with Crippen LogP contribution in [0.3, 0.4) is 0 Å². The maximum atomic E-state index is 12.3. The van der Waals surface area contributed by atoms with Gasteiger partial charge in [0, 0.05) is 23.3 Å². The van der Waals surface area contributed by atoms with Gasteiger partial charge in [0.15, 0.2) is 0 Å². The van der Waals surface area contributed by atoms with E-state index in [1.165, 1.54) is 0 Å². The molecule has 4 rings (SSSR count). The van der Waals surface area contributed by atoms with Crippen LogP contribution < -0.4 is 10.6 Å². The summed E-state index contributed by atoms with van der Waals surface area (Å²) < 4.78 is 18.5. The van der Waals surface area contributed by atoms with Crippen molar-refractivity contribution in [2.45, 2.75) is 60.4 Å². The first-order valence-electron chi connectivity index (χ1n) is 13.0. The van der Waals surface area contributed by atoms with E-state index in [-0.39, 0.29) is 12.5 Å². The summed E-state index contributed by atoms with van der Waals surface area (Å²) in [4.78, 5) is 35.2. The Kier molecular flexibility index (Phi) is 10.9. The Morgan fingerprint density at radius 3 is 2.56 bits per heavy atom. The summed E-state index contributed by atoms with van der Waals surface area (Å²) in [5.74, 6) is 0. The van der Waals surface area contributed by atoms with Crippen molar-refractivity contribution in [3.05, 3.63) is 60.7 Å². The Morgan fingerprint density at radius 2 is 1.85 bits per heavy atom. The lowest BCUT2D eigenvalue weighted by molar-refractivity contribution is -0.197. The standard InChI is InChI=1S/C25H33N6O8PS/c32-21-20(10-13-40(36,37)38)39-24(23(34)22(21)33)41-19-8-6-16(7-9-19)28-25(35)27-12-2-1-4-17-15-31(30-29-17)18-5-3-11-26-14-18/h3,5-9,11,14-15,20-24,32-34H,1-2,4,10,12-13H2,(H2,27,28,35)(H2,36,37,38)/t20-,21-,22+,23+,24-/m1/s1. The summed E-state index contributed by atoms with van der Waals surface area (Å²) in [6, 6.07) is 10.1. The second-order valence-electron chi connectivity index (χ2n) is 9.54. The second-order valence-corrected chi connectivity index (χ2v) is 12.5. The normalized spacial score (nSPS) is 22.8. The fourth-order valence-electron chi connectivity index (χ4n) is 4.14. The first-order chi connectivity index (χ1) is 19.6. The molecular formula is C25H33N6O8PS. The number of aryl methyl sites for hydroxylation is 1. The zero-order chi connectivity index (χ0) is 29.4. The van der Waals surface area contributed by atoms with Gasteiger partial charge in [-0.05, 0) is 62.1 Å². The predicted octanol–water partition coefficient (Wildman–Crippen LogP) is 1.27. The number of aliphatic hydroxyl groups is 3. The number of rotatable bonds is 12. The number of ether oxygens (including phenoxy) is 1. The number of pyridine rings is 1. The fourth-order valence-corrected chi connectivity index (χ4v) is 5.79. The molecule has 3 heterocycles. The van der Waals surface area contributed by atoms with Gasteiger partial charge in [-0.2, -0.15) is 0 Å². The molecule has 41 heavy (non-hydrogen) atoms. The van der Waals surface area contributed by atoms with Crippen molar-refractivity contribution in [3.8, 4) is 5.69 Å².